The van der Waals surface area contributed by atoms with Crippen molar-refractivity contribution in [3.63, 3.8) is 0 Å². The van der Waals surface area contributed by atoms with E-state index in [0.717, 1.165) is 13.0 Å². The third-order valence-electron chi connectivity index (χ3n) is 3.23. The zero-order chi connectivity index (χ0) is 14.1. The number of benzene rings is 1. The lowest BCUT2D eigenvalue weighted by Crippen LogP contribution is -2.20. The molecule has 0 amide bonds. The summed E-state index contributed by atoms with van der Waals surface area (Å²) >= 11 is 0. The van der Waals surface area contributed by atoms with Crippen LogP contribution in [0.15, 0.2) is 23.3 Å². The van der Waals surface area contributed by atoms with Crippen molar-refractivity contribution >= 4 is 16.6 Å². The molecule has 0 saturated carbocycles. The number of nitrogens with zero attached hydrogens (tertiary/aromatic N) is 2. The van der Waals surface area contributed by atoms with Crippen LogP contribution in [0.1, 0.15) is 6.42 Å². The van der Waals surface area contributed by atoms with Crippen LogP contribution >= 0.6 is 0 Å². The predicted molar refractivity (Wildman–Crippen MR) is 70.9 cm³/mol. The van der Waals surface area contributed by atoms with E-state index in [2.05, 4.69) is 15.3 Å². The maximum atomic E-state index is 11.6. The Labute approximate surface area is 112 Å². The number of nitro groups is 1. The number of hydrogen-bond donors (Lipinski definition) is 2. The first kappa shape index (κ1) is 12.5. The second-order valence-corrected chi connectivity index (χ2v) is 4.56. The van der Waals surface area contributed by atoms with Crippen LogP contribution in [0.2, 0.25) is 0 Å². The van der Waals surface area contributed by atoms with Gasteiger partial charge in [-0.2, -0.15) is 0 Å². The summed E-state index contributed by atoms with van der Waals surface area (Å²) in [5.74, 6) is 0.148. The quantitative estimate of drug-likeness (QED) is 0.626. The van der Waals surface area contributed by atoms with Crippen molar-refractivity contribution in [3.05, 3.63) is 38.9 Å². The Balaban J connectivity index is 2.11. The average molecular weight is 276 g/mol. The van der Waals surface area contributed by atoms with Crippen molar-refractivity contribution < 1.29 is 9.66 Å². The van der Waals surface area contributed by atoms with Gasteiger partial charge < -0.3 is 15.0 Å². The molecule has 2 N–H and O–H groups in total. The summed E-state index contributed by atoms with van der Waals surface area (Å²) < 4.78 is 5.66. The maximum absolute atomic E-state index is 11.6. The largest absolute Gasteiger partial charge is 0.482 e. The van der Waals surface area contributed by atoms with Gasteiger partial charge >= 0.3 is 5.69 Å². The molecule has 1 aliphatic heterocycles. The van der Waals surface area contributed by atoms with E-state index >= 15 is 0 Å². The first-order valence-electron chi connectivity index (χ1n) is 6.18. The van der Waals surface area contributed by atoms with Crippen molar-refractivity contribution in [2.75, 3.05) is 13.1 Å². The smallest absolute Gasteiger partial charge is 0.311 e. The SMILES string of the molecule is O=c1[nH]cnc2cc(OC3CCNC3)c([N+](=O)[O-])cc12. The van der Waals surface area contributed by atoms with Gasteiger partial charge in [0.15, 0.2) is 5.75 Å². The van der Waals surface area contributed by atoms with Crippen LogP contribution in [0.3, 0.4) is 0 Å². The number of nitrogens with one attached hydrogen (secondary N) is 2. The van der Waals surface area contributed by atoms with Crippen molar-refractivity contribution in [1.82, 2.24) is 15.3 Å². The minimum Gasteiger partial charge on any atom is -0.482 e. The molecule has 8 nitrogen and oxygen atoms in total. The number of fused-ring (bicyclic) bond motifs is 1. The van der Waals surface area contributed by atoms with Crippen molar-refractivity contribution in [2.45, 2.75) is 12.5 Å². The van der Waals surface area contributed by atoms with E-state index in [4.69, 9.17) is 4.74 Å². The summed E-state index contributed by atoms with van der Waals surface area (Å²) in [7, 11) is 0. The molecule has 1 aliphatic rings. The number of aromatic nitrogens is 2. The molecule has 1 unspecified atom stereocenters. The molecule has 2 heterocycles. The lowest BCUT2D eigenvalue weighted by atomic mass is 10.2. The van der Waals surface area contributed by atoms with Gasteiger partial charge in [0.2, 0.25) is 0 Å². The van der Waals surface area contributed by atoms with E-state index < -0.39 is 10.5 Å². The molecular formula is C12H12N4O4. The molecule has 1 aromatic carbocycles. The van der Waals surface area contributed by atoms with Crippen LogP contribution in [0.25, 0.3) is 10.9 Å². The molecule has 2 aromatic rings. The predicted octanol–water partition coefficient (Wildman–Crippen LogP) is 0.572. The van der Waals surface area contributed by atoms with E-state index in [1.165, 1.54) is 18.5 Å². The average Bonchev–Trinajstić information content (AvgIpc) is 2.91. The van der Waals surface area contributed by atoms with Gasteiger partial charge in [-0.3, -0.25) is 14.9 Å². The fraction of sp³-hybridized carbons (Fsp3) is 0.333. The van der Waals surface area contributed by atoms with E-state index in [-0.39, 0.29) is 22.9 Å². The molecule has 1 atom stereocenters. The molecule has 0 bridgehead atoms. The summed E-state index contributed by atoms with van der Waals surface area (Å²) in [5.41, 5.74) is -0.254. The van der Waals surface area contributed by atoms with Crippen LogP contribution in [-0.2, 0) is 0 Å². The Hall–Kier alpha value is -2.48. The van der Waals surface area contributed by atoms with Crippen LogP contribution in [-0.4, -0.2) is 34.1 Å². The fourth-order valence-electron chi connectivity index (χ4n) is 2.23. The van der Waals surface area contributed by atoms with E-state index in [0.29, 0.717) is 12.1 Å². The Morgan fingerprint density at radius 3 is 3.00 bits per heavy atom. The summed E-state index contributed by atoms with van der Waals surface area (Å²) in [6, 6.07) is 2.65. The van der Waals surface area contributed by atoms with E-state index in [1.54, 1.807) is 0 Å². The van der Waals surface area contributed by atoms with Gasteiger partial charge in [-0.15, -0.1) is 0 Å². The van der Waals surface area contributed by atoms with Gasteiger partial charge in [0, 0.05) is 18.7 Å². The highest BCUT2D eigenvalue weighted by Gasteiger charge is 2.23. The van der Waals surface area contributed by atoms with Crippen molar-refractivity contribution in [2.24, 2.45) is 0 Å². The number of ether oxygens (including phenoxy) is 1. The zero-order valence-electron chi connectivity index (χ0n) is 10.5. The minimum atomic E-state index is -0.552. The maximum Gasteiger partial charge on any atom is 0.311 e. The summed E-state index contributed by atoms with van der Waals surface area (Å²) in [6.07, 6.45) is 1.95. The molecule has 20 heavy (non-hydrogen) atoms. The molecule has 1 aromatic heterocycles. The number of H-pyrrole nitrogens is 1. The van der Waals surface area contributed by atoms with Crippen LogP contribution in [0.4, 0.5) is 5.69 Å². The van der Waals surface area contributed by atoms with Gasteiger partial charge in [0.05, 0.1) is 22.2 Å². The number of aromatic amines is 1. The molecule has 8 heteroatoms. The van der Waals surface area contributed by atoms with E-state index in [9.17, 15) is 14.9 Å². The standard InChI is InChI=1S/C12H12N4O4/c17-12-8-3-10(16(18)19)11(4-9(8)14-6-15-12)20-7-1-2-13-5-7/h3-4,6-7,13H,1-2,5H2,(H,14,15,17). The molecule has 0 spiro atoms. The summed E-state index contributed by atoms with van der Waals surface area (Å²) in [6.45, 7) is 1.47. The fourth-order valence-corrected chi connectivity index (χ4v) is 2.23. The van der Waals surface area contributed by atoms with Crippen LogP contribution in [0, 0.1) is 10.1 Å². The highest BCUT2D eigenvalue weighted by Crippen LogP contribution is 2.31. The summed E-state index contributed by atoms with van der Waals surface area (Å²) in [5, 5.41) is 14.4. The molecule has 0 radical (unpaired) electrons. The topological polar surface area (TPSA) is 110 Å². The third kappa shape index (κ3) is 2.21. The van der Waals surface area contributed by atoms with Gasteiger partial charge in [-0.05, 0) is 13.0 Å². The molecule has 104 valence electrons. The zero-order valence-corrected chi connectivity index (χ0v) is 10.5. The number of hydrogen-bond acceptors (Lipinski definition) is 6. The normalized spacial score (nSPS) is 18.3. The Bertz CT molecular complexity index is 721. The van der Waals surface area contributed by atoms with Crippen molar-refractivity contribution in [3.8, 4) is 5.75 Å². The lowest BCUT2D eigenvalue weighted by molar-refractivity contribution is -0.385. The number of nitro benzene ring substituents is 1. The van der Waals surface area contributed by atoms with Crippen molar-refractivity contribution in [1.29, 1.82) is 0 Å². The van der Waals surface area contributed by atoms with Gasteiger partial charge in [0.25, 0.3) is 5.56 Å². The third-order valence-corrected chi connectivity index (χ3v) is 3.23. The highest BCUT2D eigenvalue weighted by molar-refractivity contribution is 5.82. The molecular weight excluding hydrogens is 264 g/mol. The lowest BCUT2D eigenvalue weighted by Gasteiger charge is -2.12. The van der Waals surface area contributed by atoms with Crippen LogP contribution in [0.5, 0.6) is 5.75 Å². The Kier molecular flexibility index (Phi) is 3.07. The molecule has 1 fully saturated rings. The summed E-state index contributed by atoms with van der Waals surface area (Å²) in [4.78, 5) is 28.6. The highest BCUT2D eigenvalue weighted by atomic mass is 16.6. The second-order valence-electron chi connectivity index (χ2n) is 4.56. The minimum absolute atomic E-state index is 0.104. The van der Waals surface area contributed by atoms with Gasteiger partial charge in [0.1, 0.15) is 6.10 Å². The van der Waals surface area contributed by atoms with Crippen LogP contribution < -0.4 is 15.6 Å². The number of rotatable bonds is 3. The first-order chi connectivity index (χ1) is 9.65. The Morgan fingerprint density at radius 1 is 1.45 bits per heavy atom. The van der Waals surface area contributed by atoms with Gasteiger partial charge in [-0.1, -0.05) is 0 Å². The monoisotopic (exact) mass is 276 g/mol. The van der Waals surface area contributed by atoms with E-state index in [1.807, 2.05) is 0 Å². The second kappa shape index (κ2) is 4.89. The first-order valence-corrected chi connectivity index (χ1v) is 6.18. The van der Waals surface area contributed by atoms with Gasteiger partial charge in [-0.25, -0.2) is 4.98 Å². The Morgan fingerprint density at radius 2 is 2.30 bits per heavy atom. The molecule has 3 rings (SSSR count). The molecule has 0 aliphatic carbocycles. The molecule has 1 saturated heterocycles.